The fourth-order valence-electron chi connectivity index (χ4n) is 2.25. The number of fused-ring (bicyclic) bond motifs is 1. The minimum absolute atomic E-state index is 0.212. The molecule has 1 saturated heterocycles. The van der Waals surface area contributed by atoms with E-state index in [1.807, 2.05) is 0 Å². The molecule has 2 unspecified atom stereocenters. The summed E-state index contributed by atoms with van der Waals surface area (Å²) in [5.74, 6) is -0.425. The van der Waals surface area contributed by atoms with Gasteiger partial charge in [0.1, 0.15) is 0 Å². The van der Waals surface area contributed by atoms with Crippen LogP contribution in [0.5, 0.6) is 0 Å². The Hall–Kier alpha value is -0.830. The average molecular weight is 167 g/mol. The van der Waals surface area contributed by atoms with Gasteiger partial charge in [-0.05, 0) is 12.8 Å². The predicted octanol–water partition coefficient (Wildman–Crippen LogP) is 0.627. The van der Waals surface area contributed by atoms with Gasteiger partial charge in [-0.2, -0.15) is 0 Å². The van der Waals surface area contributed by atoms with Crippen LogP contribution in [0.2, 0.25) is 0 Å². The molecule has 2 rings (SSSR count). The van der Waals surface area contributed by atoms with Gasteiger partial charge in [0, 0.05) is 19.0 Å². The molecule has 3 nitrogen and oxygen atoms in total. The Morgan fingerprint density at radius 1 is 1.67 bits per heavy atom. The highest BCUT2D eigenvalue weighted by Gasteiger charge is 2.48. The minimum atomic E-state index is -0.637. The van der Waals surface area contributed by atoms with Crippen molar-refractivity contribution in [2.24, 2.45) is 11.3 Å². The topological polar surface area (TPSA) is 49.3 Å². The summed E-state index contributed by atoms with van der Waals surface area (Å²) in [6.45, 7) is 1.46. The first-order valence-corrected chi connectivity index (χ1v) is 4.36. The number of hydrogen-bond acceptors (Lipinski definition) is 2. The molecule has 0 aromatic heterocycles. The molecule has 2 aliphatic rings. The smallest absolute Gasteiger partial charge is 0.311 e. The first-order valence-electron chi connectivity index (χ1n) is 4.36. The molecule has 0 spiro atoms. The lowest BCUT2D eigenvalue weighted by molar-refractivity contribution is -0.150. The van der Waals surface area contributed by atoms with Crippen molar-refractivity contribution in [1.29, 1.82) is 0 Å². The van der Waals surface area contributed by atoms with Crippen molar-refractivity contribution in [3.8, 4) is 0 Å². The van der Waals surface area contributed by atoms with Crippen molar-refractivity contribution in [1.82, 2.24) is 5.32 Å². The largest absolute Gasteiger partial charge is 0.481 e. The van der Waals surface area contributed by atoms with Crippen molar-refractivity contribution in [3.05, 3.63) is 12.2 Å². The molecular formula is C9H13NO2. The fraction of sp³-hybridized carbons (Fsp3) is 0.667. The van der Waals surface area contributed by atoms with E-state index in [-0.39, 0.29) is 5.92 Å². The van der Waals surface area contributed by atoms with E-state index in [9.17, 15) is 4.79 Å². The highest BCUT2D eigenvalue weighted by Crippen LogP contribution is 2.40. The second-order valence-electron chi connectivity index (χ2n) is 3.67. The van der Waals surface area contributed by atoms with Crippen molar-refractivity contribution in [2.75, 3.05) is 13.1 Å². The zero-order valence-corrected chi connectivity index (χ0v) is 6.92. The van der Waals surface area contributed by atoms with Gasteiger partial charge in [0.05, 0.1) is 5.41 Å². The van der Waals surface area contributed by atoms with Crippen LogP contribution in [-0.2, 0) is 4.79 Å². The first-order chi connectivity index (χ1) is 5.76. The second-order valence-corrected chi connectivity index (χ2v) is 3.67. The van der Waals surface area contributed by atoms with Gasteiger partial charge in [-0.3, -0.25) is 4.79 Å². The normalized spacial score (nSPS) is 39.5. The molecule has 0 radical (unpaired) electrons. The molecular weight excluding hydrogens is 154 g/mol. The number of carboxylic acids is 1. The Morgan fingerprint density at radius 3 is 3.17 bits per heavy atom. The third-order valence-corrected chi connectivity index (χ3v) is 3.07. The van der Waals surface area contributed by atoms with E-state index in [4.69, 9.17) is 5.11 Å². The van der Waals surface area contributed by atoms with Crippen LogP contribution in [0.15, 0.2) is 12.2 Å². The number of nitrogens with one attached hydrogen (secondary N) is 1. The molecule has 1 aliphatic heterocycles. The molecule has 0 bridgehead atoms. The number of allylic oxidation sites excluding steroid dienone is 1. The third kappa shape index (κ3) is 0.894. The lowest BCUT2D eigenvalue weighted by Crippen LogP contribution is -2.39. The zero-order chi connectivity index (χ0) is 8.60. The molecule has 12 heavy (non-hydrogen) atoms. The Labute approximate surface area is 71.5 Å². The molecule has 66 valence electrons. The lowest BCUT2D eigenvalue weighted by atomic mass is 9.71. The van der Waals surface area contributed by atoms with Crippen LogP contribution in [0.1, 0.15) is 12.8 Å². The molecule has 1 fully saturated rings. The highest BCUT2D eigenvalue weighted by molar-refractivity contribution is 5.76. The summed E-state index contributed by atoms with van der Waals surface area (Å²) in [5, 5.41) is 12.3. The number of carbonyl (C=O) groups is 1. The van der Waals surface area contributed by atoms with Crippen molar-refractivity contribution >= 4 is 5.97 Å². The maximum absolute atomic E-state index is 11.1. The molecule has 1 aliphatic carbocycles. The van der Waals surface area contributed by atoms with Gasteiger partial charge >= 0.3 is 5.97 Å². The number of hydrogen-bond donors (Lipinski definition) is 2. The number of rotatable bonds is 1. The van der Waals surface area contributed by atoms with E-state index in [0.717, 1.165) is 19.4 Å². The molecule has 0 amide bonds. The Bertz CT molecular complexity index is 237. The van der Waals surface area contributed by atoms with Gasteiger partial charge in [-0.15, -0.1) is 0 Å². The van der Waals surface area contributed by atoms with Crippen molar-refractivity contribution < 1.29 is 9.90 Å². The predicted molar refractivity (Wildman–Crippen MR) is 44.8 cm³/mol. The van der Waals surface area contributed by atoms with Crippen molar-refractivity contribution in [3.63, 3.8) is 0 Å². The SMILES string of the molecule is O=C(O)C12CCC=CC1CNC2. The highest BCUT2D eigenvalue weighted by atomic mass is 16.4. The minimum Gasteiger partial charge on any atom is -0.481 e. The van der Waals surface area contributed by atoms with E-state index in [1.165, 1.54) is 0 Å². The fourth-order valence-corrected chi connectivity index (χ4v) is 2.25. The maximum atomic E-state index is 11.1. The molecule has 0 saturated carbocycles. The van der Waals surface area contributed by atoms with Crippen molar-refractivity contribution in [2.45, 2.75) is 12.8 Å². The number of aliphatic carboxylic acids is 1. The second kappa shape index (κ2) is 2.59. The summed E-state index contributed by atoms with van der Waals surface area (Å²) in [4.78, 5) is 11.1. The Morgan fingerprint density at radius 2 is 2.50 bits per heavy atom. The molecule has 1 heterocycles. The summed E-state index contributed by atoms with van der Waals surface area (Å²) in [6.07, 6.45) is 5.84. The van der Waals surface area contributed by atoms with Crippen LogP contribution < -0.4 is 5.32 Å². The van der Waals surface area contributed by atoms with Crippen LogP contribution >= 0.6 is 0 Å². The average Bonchev–Trinajstić information content (AvgIpc) is 2.48. The molecule has 0 aromatic carbocycles. The Kier molecular flexibility index (Phi) is 1.68. The zero-order valence-electron chi connectivity index (χ0n) is 6.92. The van der Waals surface area contributed by atoms with Crippen LogP contribution in [0.25, 0.3) is 0 Å². The molecule has 2 N–H and O–H groups in total. The maximum Gasteiger partial charge on any atom is 0.311 e. The van der Waals surface area contributed by atoms with Gasteiger partial charge in [-0.1, -0.05) is 12.2 Å². The summed E-state index contributed by atoms with van der Waals surface area (Å²) < 4.78 is 0. The van der Waals surface area contributed by atoms with Gasteiger partial charge in [-0.25, -0.2) is 0 Å². The summed E-state index contributed by atoms with van der Waals surface area (Å²) in [6, 6.07) is 0. The lowest BCUT2D eigenvalue weighted by Gasteiger charge is -2.30. The van der Waals surface area contributed by atoms with Gasteiger partial charge in [0.2, 0.25) is 0 Å². The monoisotopic (exact) mass is 167 g/mol. The van der Waals surface area contributed by atoms with Crippen LogP contribution in [0, 0.1) is 11.3 Å². The van der Waals surface area contributed by atoms with E-state index in [1.54, 1.807) is 0 Å². The summed E-state index contributed by atoms with van der Waals surface area (Å²) >= 11 is 0. The standard InChI is InChI=1S/C9H13NO2/c11-8(12)9-4-2-1-3-7(9)5-10-6-9/h1,3,7,10H,2,4-6H2,(H,11,12). The molecule has 3 heteroatoms. The van der Waals surface area contributed by atoms with Crippen LogP contribution in [0.3, 0.4) is 0 Å². The molecule has 2 atom stereocenters. The van der Waals surface area contributed by atoms with Crippen LogP contribution in [0.4, 0.5) is 0 Å². The van der Waals surface area contributed by atoms with Crippen LogP contribution in [-0.4, -0.2) is 24.2 Å². The number of carboxylic acid groups (broad SMARTS) is 1. The van der Waals surface area contributed by atoms with Gasteiger partial charge in [0.15, 0.2) is 0 Å². The van der Waals surface area contributed by atoms with E-state index in [0.29, 0.717) is 6.54 Å². The molecule has 0 aromatic rings. The third-order valence-electron chi connectivity index (χ3n) is 3.07. The van der Waals surface area contributed by atoms with Gasteiger partial charge < -0.3 is 10.4 Å². The van der Waals surface area contributed by atoms with E-state index in [2.05, 4.69) is 17.5 Å². The quantitative estimate of drug-likeness (QED) is 0.563. The van der Waals surface area contributed by atoms with E-state index >= 15 is 0 Å². The summed E-state index contributed by atoms with van der Waals surface area (Å²) in [5.41, 5.74) is -0.491. The van der Waals surface area contributed by atoms with E-state index < -0.39 is 11.4 Å². The Balaban J connectivity index is 2.31. The summed E-state index contributed by atoms with van der Waals surface area (Å²) in [7, 11) is 0. The first kappa shape index (κ1) is 7.80. The van der Waals surface area contributed by atoms with Gasteiger partial charge in [0.25, 0.3) is 0 Å².